The number of hydrogen-bond donors (Lipinski definition) is 1. The van der Waals surface area contributed by atoms with Crippen molar-refractivity contribution in [2.75, 3.05) is 0 Å². The second kappa shape index (κ2) is 2.27. The van der Waals surface area contributed by atoms with Crippen molar-refractivity contribution in [3.05, 3.63) is 17.2 Å². The van der Waals surface area contributed by atoms with E-state index in [2.05, 4.69) is 20.0 Å². The maximum atomic E-state index is 4.24. The molecule has 1 aromatic rings. The quantitative estimate of drug-likeness (QED) is 0.556. The van der Waals surface area contributed by atoms with Gasteiger partial charge in [0.25, 0.3) is 0 Å². The van der Waals surface area contributed by atoms with Crippen LogP contribution in [-0.2, 0) is 0 Å². The number of nitrogens with one attached hydrogen (secondary N) is 1. The van der Waals surface area contributed by atoms with Gasteiger partial charge in [-0.25, -0.2) is 9.98 Å². The fourth-order valence-electron chi connectivity index (χ4n) is 1.13. The van der Waals surface area contributed by atoms with Crippen LogP contribution in [0.25, 0.3) is 6.08 Å². The molecule has 1 aromatic heterocycles. The first-order chi connectivity index (χ1) is 5.67. The number of fused-ring (bicyclic) bond motifs is 1. The number of aromatic amines is 1. The highest BCUT2D eigenvalue weighted by Crippen LogP contribution is 2.09. The molecule has 12 heavy (non-hydrogen) atoms. The number of hydrogen-bond acceptors (Lipinski definition) is 3. The summed E-state index contributed by atoms with van der Waals surface area (Å²) in [5.41, 5.74) is 0.519. The Morgan fingerprint density at radius 3 is 3.08 bits per heavy atom. The minimum Gasteiger partial charge on any atom is -0.343 e. The summed E-state index contributed by atoms with van der Waals surface area (Å²) < 4.78 is 0. The van der Waals surface area contributed by atoms with E-state index in [4.69, 9.17) is 0 Å². The van der Waals surface area contributed by atoms with Crippen LogP contribution in [0, 0.1) is 0 Å². The van der Waals surface area contributed by atoms with E-state index in [-0.39, 0.29) is 5.54 Å². The molecule has 0 amide bonds. The van der Waals surface area contributed by atoms with Gasteiger partial charge in [0.1, 0.15) is 6.34 Å². The smallest absolute Gasteiger partial charge is 0.178 e. The third-order valence-electron chi connectivity index (χ3n) is 1.72. The van der Waals surface area contributed by atoms with Crippen molar-refractivity contribution in [3.63, 3.8) is 0 Å². The summed E-state index contributed by atoms with van der Waals surface area (Å²) >= 11 is 0. The summed E-state index contributed by atoms with van der Waals surface area (Å²) in [5.74, 6) is 0. The molecule has 0 bridgehead atoms. The van der Waals surface area contributed by atoms with Gasteiger partial charge in [-0.2, -0.15) is 0 Å². The molecule has 0 aliphatic carbocycles. The number of rotatable bonds is 0. The molecule has 0 saturated heterocycles. The Morgan fingerprint density at radius 2 is 2.25 bits per heavy atom. The minimum absolute atomic E-state index is 0.193. The monoisotopic (exact) mass is 162 g/mol. The lowest BCUT2D eigenvalue weighted by atomic mass is 10.1. The van der Waals surface area contributed by atoms with Crippen molar-refractivity contribution in [2.24, 2.45) is 9.98 Å². The van der Waals surface area contributed by atoms with Crippen LogP contribution in [-0.4, -0.2) is 21.8 Å². The lowest BCUT2D eigenvalue weighted by Crippen LogP contribution is -2.27. The van der Waals surface area contributed by atoms with E-state index in [0.29, 0.717) is 5.49 Å². The van der Waals surface area contributed by atoms with Gasteiger partial charge >= 0.3 is 0 Å². The molecule has 2 rings (SSSR count). The summed E-state index contributed by atoms with van der Waals surface area (Å²) in [6.45, 7) is 4.05. The molecule has 4 nitrogen and oxygen atoms in total. The minimum atomic E-state index is -0.193. The van der Waals surface area contributed by atoms with E-state index in [1.54, 1.807) is 12.7 Å². The predicted molar refractivity (Wildman–Crippen MR) is 46.4 cm³/mol. The second-order valence-corrected chi connectivity index (χ2v) is 3.31. The topological polar surface area (TPSA) is 53.4 Å². The third kappa shape index (κ3) is 1.15. The highest BCUT2D eigenvalue weighted by atomic mass is 15.0. The van der Waals surface area contributed by atoms with Crippen molar-refractivity contribution >= 4 is 12.4 Å². The molecular weight excluding hydrogens is 152 g/mol. The van der Waals surface area contributed by atoms with Gasteiger partial charge in [0.2, 0.25) is 0 Å². The molecule has 0 unspecified atom stereocenters. The average molecular weight is 162 g/mol. The van der Waals surface area contributed by atoms with Crippen LogP contribution < -0.4 is 10.8 Å². The van der Waals surface area contributed by atoms with Crippen molar-refractivity contribution in [1.29, 1.82) is 0 Å². The van der Waals surface area contributed by atoms with Gasteiger partial charge in [-0.05, 0) is 19.9 Å². The van der Waals surface area contributed by atoms with E-state index in [1.807, 2.05) is 19.9 Å². The van der Waals surface area contributed by atoms with E-state index in [0.717, 1.165) is 5.35 Å². The Morgan fingerprint density at radius 1 is 1.42 bits per heavy atom. The summed E-state index contributed by atoms with van der Waals surface area (Å²) in [6, 6.07) is 0. The van der Waals surface area contributed by atoms with Crippen LogP contribution >= 0.6 is 0 Å². The molecule has 0 aromatic carbocycles. The number of aliphatic imine (C=N–C) groups is 1. The Hall–Kier alpha value is -1.45. The van der Waals surface area contributed by atoms with Crippen LogP contribution in [0.2, 0.25) is 0 Å². The molecule has 0 saturated carbocycles. The Labute approximate surface area is 69.8 Å². The standard InChI is InChI=1S/C8H10N4/c1-8(2)3-6-7(10-4-9-6)11-5-12-8/h3-5H,1-2H3,(H,9,10,11,12). The number of imidazole rings is 1. The molecule has 1 N–H and O–H groups in total. The largest absolute Gasteiger partial charge is 0.343 e. The van der Waals surface area contributed by atoms with Gasteiger partial charge < -0.3 is 4.98 Å². The van der Waals surface area contributed by atoms with Crippen molar-refractivity contribution in [1.82, 2.24) is 9.97 Å². The first kappa shape index (κ1) is 7.21. The third-order valence-corrected chi connectivity index (χ3v) is 1.72. The van der Waals surface area contributed by atoms with Gasteiger partial charge in [0, 0.05) is 0 Å². The fourth-order valence-corrected chi connectivity index (χ4v) is 1.13. The van der Waals surface area contributed by atoms with Gasteiger partial charge in [0.15, 0.2) is 5.49 Å². The zero-order chi connectivity index (χ0) is 8.60. The Kier molecular flexibility index (Phi) is 1.36. The normalized spacial score (nSPS) is 18.8. The van der Waals surface area contributed by atoms with Crippen LogP contribution in [0.15, 0.2) is 16.3 Å². The molecule has 0 radical (unpaired) electrons. The zero-order valence-corrected chi connectivity index (χ0v) is 7.07. The maximum Gasteiger partial charge on any atom is 0.178 e. The molecule has 0 spiro atoms. The molecule has 62 valence electrons. The van der Waals surface area contributed by atoms with E-state index in [1.165, 1.54) is 0 Å². The van der Waals surface area contributed by atoms with Crippen LogP contribution in [0.5, 0.6) is 0 Å². The average Bonchev–Trinajstić information content (AvgIpc) is 2.31. The van der Waals surface area contributed by atoms with Gasteiger partial charge in [-0.1, -0.05) is 0 Å². The first-order valence-corrected chi connectivity index (χ1v) is 3.81. The van der Waals surface area contributed by atoms with Crippen LogP contribution in [0.4, 0.5) is 0 Å². The number of nitrogens with zero attached hydrogens (tertiary/aromatic N) is 3. The van der Waals surface area contributed by atoms with Crippen molar-refractivity contribution in [3.8, 4) is 0 Å². The zero-order valence-electron chi connectivity index (χ0n) is 7.07. The summed E-state index contributed by atoms with van der Waals surface area (Å²) in [7, 11) is 0. The molecule has 0 fully saturated rings. The maximum absolute atomic E-state index is 4.24. The van der Waals surface area contributed by atoms with Crippen LogP contribution in [0.3, 0.4) is 0 Å². The predicted octanol–water partition coefficient (Wildman–Crippen LogP) is -0.370. The highest BCUT2D eigenvalue weighted by Gasteiger charge is 2.12. The molecule has 0 atom stereocenters. The lowest BCUT2D eigenvalue weighted by molar-refractivity contribution is 0.699. The van der Waals surface area contributed by atoms with E-state index in [9.17, 15) is 0 Å². The molecule has 4 heteroatoms. The molecular formula is C8H10N4. The summed E-state index contributed by atoms with van der Waals surface area (Å²) in [5, 5.41) is 0.942. The van der Waals surface area contributed by atoms with Crippen LogP contribution in [0.1, 0.15) is 13.8 Å². The SMILES string of the molecule is CC1(C)C=c2[nH]cnc2=NC=N1. The lowest BCUT2D eigenvalue weighted by Gasteiger charge is -2.10. The van der Waals surface area contributed by atoms with Gasteiger partial charge in [-0.3, -0.25) is 4.99 Å². The highest BCUT2D eigenvalue weighted by molar-refractivity contribution is 5.59. The van der Waals surface area contributed by atoms with E-state index < -0.39 is 0 Å². The Balaban J connectivity index is 2.75. The molecule has 2 heterocycles. The Bertz CT molecular complexity index is 424. The first-order valence-electron chi connectivity index (χ1n) is 3.81. The summed E-state index contributed by atoms with van der Waals surface area (Å²) in [6.07, 6.45) is 5.21. The number of H-pyrrole nitrogens is 1. The van der Waals surface area contributed by atoms with Crippen molar-refractivity contribution < 1.29 is 0 Å². The molecule has 1 aliphatic rings. The summed E-state index contributed by atoms with van der Waals surface area (Å²) in [4.78, 5) is 15.4. The van der Waals surface area contributed by atoms with E-state index >= 15 is 0 Å². The fraction of sp³-hybridized carbons (Fsp3) is 0.375. The van der Waals surface area contributed by atoms with Gasteiger partial charge in [0.05, 0.1) is 17.2 Å². The van der Waals surface area contributed by atoms with Crippen molar-refractivity contribution in [2.45, 2.75) is 19.4 Å². The second-order valence-electron chi connectivity index (χ2n) is 3.31. The van der Waals surface area contributed by atoms with Gasteiger partial charge in [-0.15, -0.1) is 0 Å². The molecule has 1 aliphatic heterocycles. The number of aromatic nitrogens is 2.